The summed E-state index contributed by atoms with van der Waals surface area (Å²) in [5.41, 5.74) is 0. The standard InChI is InChI=1S/4CH4O.H4Si/c4*1-2;/h4*2H,1H3;1H4. The van der Waals surface area contributed by atoms with Crippen molar-refractivity contribution < 1.29 is 20.4 Å². The van der Waals surface area contributed by atoms with Crippen LogP contribution in [0.1, 0.15) is 0 Å². The molecule has 0 rings (SSSR count). The van der Waals surface area contributed by atoms with Crippen molar-refractivity contribution in [1.29, 1.82) is 0 Å². The Kier molecular flexibility index (Phi) is 492000. The van der Waals surface area contributed by atoms with Crippen molar-refractivity contribution in [3.63, 3.8) is 0 Å². The van der Waals surface area contributed by atoms with Crippen LogP contribution in [0.15, 0.2) is 0 Å². The van der Waals surface area contributed by atoms with E-state index in [1.54, 1.807) is 0 Å². The first-order valence-electron chi connectivity index (χ1n) is 1.79. The Balaban J connectivity index is -0.00000000762. The first-order chi connectivity index (χ1) is 4.00. The molecule has 0 saturated carbocycles. The van der Waals surface area contributed by atoms with Crippen LogP contribution in [-0.2, 0) is 0 Å². The second-order valence-electron chi connectivity index (χ2n) is 0. The molecule has 0 heterocycles. The molecule has 0 aromatic rings. The molecule has 0 bridgehead atoms. The average molecular weight is 160 g/mol. The fourth-order valence-electron chi connectivity index (χ4n) is 0. The average Bonchev–Trinajstić information content (AvgIpc) is 2.03. The van der Waals surface area contributed by atoms with Crippen molar-refractivity contribution in [2.75, 3.05) is 28.4 Å². The lowest BCUT2D eigenvalue weighted by atomic mass is 11.8. The summed E-state index contributed by atoms with van der Waals surface area (Å²) in [6.07, 6.45) is 0. The van der Waals surface area contributed by atoms with Crippen LogP contribution in [-0.4, -0.2) is 59.8 Å². The first-order valence-corrected chi connectivity index (χ1v) is 1.79. The van der Waals surface area contributed by atoms with Crippen molar-refractivity contribution in [2.45, 2.75) is 0 Å². The number of hydrogen-bond donors (Lipinski definition) is 4. The summed E-state index contributed by atoms with van der Waals surface area (Å²) in [5, 5.41) is 28.0. The summed E-state index contributed by atoms with van der Waals surface area (Å²) in [7, 11) is 4.00. The van der Waals surface area contributed by atoms with Crippen molar-refractivity contribution in [3.8, 4) is 0 Å². The predicted molar refractivity (Wildman–Crippen MR) is 43.9 cm³/mol. The Morgan fingerprint density at radius 3 is 0.444 bits per heavy atom. The molecule has 5 heteroatoms. The van der Waals surface area contributed by atoms with Gasteiger partial charge in [0.2, 0.25) is 0 Å². The Labute approximate surface area is 60.8 Å². The van der Waals surface area contributed by atoms with Crippen LogP contribution in [0.2, 0.25) is 0 Å². The molecule has 0 fully saturated rings. The van der Waals surface area contributed by atoms with Gasteiger partial charge in [0.25, 0.3) is 0 Å². The van der Waals surface area contributed by atoms with Crippen molar-refractivity contribution >= 4 is 11.0 Å². The minimum absolute atomic E-state index is 0. The number of aliphatic hydroxyl groups excluding tert-OH is 4. The van der Waals surface area contributed by atoms with E-state index in [9.17, 15) is 0 Å². The van der Waals surface area contributed by atoms with Gasteiger partial charge in [-0.25, -0.2) is 0 Å². The van der Waals surface area contributed by atoms with Gasteiger partial charge in [-0.1, -0.05) is 0 Å². The molecule has 0 spiro atoms. The first kappa shape index (κ1) is 35.7. The minimum atomic E-state index is 0. The zero-order chi connectivity index (χ0) is 8.00. The van der Waals surface area contributed by atoms with Crippen LogP contribution in [0.25, 0.3) is 0 Å². The molecule has 0 aliphatic rings. The van der Waals surface area contributed by atoms with Gasteiger partial charge in [0.15, 0.2) is 0 Å². The Morgan fingerprint density at radius 2 is 0.444 bits per heavy atom. The molecule has 0 unspecified atom stereocenters. The van der Waals surface area contributed by atoms with Gasteiger partial charge in [0.1, 0.15) is 0 Å². The smallest absolute Gasteiger partial charge is 0.0319 e. The maximum Gasteiger partial charge on any atom is 0.0319 e. The highest BCUT2D eigenvalue weighted by Crippen LogP contribution is 0.761. The Morgan fingerprint density at radius 1 is 0.444 bits per heavy atom. The fraction of sp³-hybridized carbons (Fsp3) is 1.00. The van der Waals surface area contributed by atoms with Crippen LogP contribution in [0.3, 0.4) is 0 Å². The summed E-state index contributed by atoms with van der Waals surface area (Å²) in [6.45, 7) is 0. The third-order valence-corrected chi connectivity index (χ3v) is 0. The summed E-state index contributed by atoms with van der Waals surface area (Å²) in [6, 6.07) is 0. The zero-order valence-corrected chi connectivity index (χ0v) is 5.79. The van der Waals surface area contributed by atoms with Crippen molar-refractivity contribution in [3.05, 3.63) is 0 Å². The Hall–Kier alpha value is 0.0569. The van der Waals surface area contributed by atoms with E-state index in [4.69, 9.17) is 20.4 Å². The predicted octanol–water partition coefficient (Wildman–Crippen LogP) is -3.02. The lowest BCUT2D eigenvalue weighted by molar-refractivity contribution is 0.399. The lowest BCUT2D eigenvalue weighted by Gasteiger charge is -1.21. The molecule has 0 aliphatic heterocycles. The number of hydrogen-bond acceptors (Lipinski definition) is 4. The molecule has 0 radical (unpaired) electrons. The van der Waals surface area contributed by atoms with Gasteiger partial charge in [-0.05, 0) is 11.0 Å². The summed E-state index contributed by atoms with van der Waals surface area (Å²) in [5.74, 6) is 0. The van der Waals surface area contributed by atoms with E-state index in [0.29, 0.717) is 0 Å². The molecule has 4 nitrogen and oxygen atoms in total. The highest BCUT2D eigenvalue weighted by molar-refractivity contribution is 5.75. The van der Waals surface area contributed by atoms with Gasteiger partial charge in [-0.2, -0.15) is 0 Å². The maximum absolute atomic E-state index is 7.00. The molecule has 4 N–H and O–H groups in total. The van der Waals surface area contributed by atoms with E-state index in [2.05, 4.69) is 0 Å². The molecule has 0 aromatic carbocycles. The molecule has 9 heavy (non-hydrogen) atoms. The van der Waals surface area contributed by atoms with Gasteiger partial charge in [-0.3, -0.25) is 0 Å². The van der Waals surface area contributed by atoms with Crippen LogP contribution in [0.5, 0.6) is 0 Å². The Bertz CT molecular complexity index is 12.5. The molecule has 0 aromatic heterocycles. The van der Waals surface area contributed by atoms with E-state index in [0.717, 1.165) is 28.4 Å². The van der Waals surface area contributed by atoms with E-state index >= 15 is 0 Å². The second kappa shape index (κ2) is 124000. The van der Waals surface area contributed by atoms with E-state index in [-0.39, 0.29) is 11.0 Å². The van der Waals surface area contributed by atoms with Crippen LogP contribution >= 0.6 is 0 Å². The van der Waals surface area contributed by atoms with Gasteiger partial charge in [0.05, 0.1) is 0 Å². The third-order valence-electron chi connectivity index (χ3n) is 0. The third kappa shape index (κ3) is 91300. The molecular formula is C4H20O4Si. The second-order valence-corrected chi connectivity index (χ2v) is 0. The van der Waals surface area contributed by atoms with E-state index < -0.39 is 0 Å². The minimum Gasteiger partial charge on any atom is -0.400 e. The monoisotopic (exact) mass is 160 g/mol. The molecule has 64 valence electrons. The molecule has 0 atom stereocenters. The van der Waals surface area contributed by atoms with Gasteiger partial charge < -0.3 is 20.4 Å². The van der Waals surface area contributed by atoms with Crippen LogP contribution in [0.4, 0.5) is 0 Å². The van der Waals surface area contributed by atoms with Gasteiger partial charge in [-0.15, -0.1) is 0 Å². The zero-order valence-electron chi connectivity index (χ0n) is 5.79. The topological polar surface area (TPSA) is 80.9 Å². The molecule has 0 aliphatic carbocycles. The van der Waals surface area contributed by atoms with Crippen molar-refractivity contribution in [1.82, 2.24) is 0 Å². The van der Waals surface area contributed by atoms with Gasteiger partial charge >= 0.3 is 0 Å². The quantitative estimate of drug-likeness (QED) is 0.284. The highest BCUT2D eigenvalue weighted by atomic mass is 28.1. The SMILES string of the molecule is CO.CO.CO.CO.[SiH4]. The number of aliphatic hydroxyl groups is 4. The summed E-state index contributed by atoms with van der Waals surface area (Å²) in [4.78, 5) is 0. The summed E-state index contributed by atoms with van der Waals surface area (Å²) < 4.78 is 0. The number of rotatable bonds is 0. The largest absolute Gasteiger partial charge is 0.400 e. The highest BCUT2D eigenvalue weighted by Gasteiger charge is 0.845. The van der Waals surface area contributed by atoms with E-state index in [1.807, 2.05) is 0 Å². The van der Waals surface area contributed by atoms with Gasteiger partial charge in [0, 0.05) is 28.4 Å². The van der Waals surface area contributed by atoms with E-state index in [1.165, 1.54) is 0 Å². The van der Waals surface area contributed by atoms with Crippen LogP contribution < -0.4 is 0 Å². The molecule has 0 amide bonds. The molecule has 0 saturated heterocycles. The lowest BCUT2D eigenvalue weighted by Crippen LogP contribution is -1.25. The summed E-state index contributed by atoms with van der Waals surface area (Å²) >= 11 is 0. The normalized spacial score (nSPS) is 2.67. The molecular weight excluding hydrogens is 140 g/mol. The van der Waals surface area contributed by atoms with Crippen LogP contribution in [0, 0.1) is 0 Å². The maximum atomic E-state index is 7.00. The fourth-order valence-corrected chi connectivity index (χ4v) is 0. The van der Waals surface area contributed by atoms with Crippen molar-refractivity contribution in [2.24, 2.45) is 0 Å².